The van der Waals surface area contributed by atoms with Crippen molar-refractivity contribution in [2.45, 2.75) is 31.6 Å². The summed E-state index contributed by atoms with van der Waals surface area (Å²) in [5, 5.41) is 0.815. The number of piperidine rings is 1. The number of nitrogens with zero attached hydrogens (tertiary/aromatic N) is 2. The van der Waals surface area contributed by atoms with Crippen LogP contribution in [0.4, 0.5) is 0 Å². The highest BCUT2D eigenvalue weighted by Crippen LogP contribution is 2.29. The number of ketones is 1. The number of benzene rings is 2. The fourth-order valence-corrected chi connectivity index (χ4v) is 5.54. The second kappa shape index (κ2) is 7.69. The van der Waals surface area contributed by atoms with Crippen molar-refractivity contribution >= 4 is 26.7 Å². The number of aryl methyl sites for hydroxylation is 2. The molecular weight excluding hydrogens is 384 g/mol. The largest absolute Gasteiger partial charge is 0.294 e. The number of carbonyl (C=O) groups excluding carboxylic acids is 1. The third-order valence-corrected chi connectivity index (χ3v) is 7.52. The SMILES string of the molecule is Cc1ccc(C(=O)C2CCN(S(=O)(=O)c3cccc4cc(C)cnc34)CC2)cc1. The van der Waals surface area contributed by atoms with Crippen LogP contribution in [0.3, 0.4) is 0 Å². The van der Waals surface area contributed by atoms with E-state index in [1.807, 2.05) is 50.2 Å². The van der Waals surface area contributed by atoms with Crippen LogP contribution < -0.4 is 0 Å². The highest BCUT2D eigenvalue weighted by molar-refractivity contribution is 7.89. The fourth-order valence-electron chi connectivity index (χ4n) is 3.90. The van der Waals surface area contributed by atoms with Gasteiger partial charge in [-0.05, 0) is 44.4 Å². The molecule has 0 atom stereocenters. The quantitative estimate of drug-likeness (QED) is 0.609. The van der Waals surface area contributed by atoms with Crippen LogP contribution in [0, 0.1) is 19.8 Å². The number of para-hydroxylation sites is 1. The Bertz CT molecular complexity index is 1160. The molecule has 150 valence electrons. The minimum Gasteiger partial charge on any atom is -0.294 e. The van der Waals surface area contributed by atoms with Crippen molar-refractivity contribution in [1.82, 2.24) is 9.29 Å². The van der Waals surface area contributed by atoms with Gasteiger partial charge in [-0.15, -0.1) is 0 Å². The van der Waals surface area contributed by atoms with E-state index in [-0.39, 0.29) is 16.6 Å². The number of aromatic nitrogens is 1. The van der Waals surface area contributed by atoms with E-state index in [0.29, 0.717) is 37.0 Å². The highest BCUT2D eigenvalue weighted by atomic mass is 32.2. The summed E-state index contributed by atoms with van der Waals surface area (Å²) >= 11 is 0. The lowest BCUT2D eigenvalue weighted by Gasteiger charge is -2.30. The monoisotopic (exact) mass is 408 g/mol. The summed E-state index contributed by atoms with van der Waals surface area (Å²) in [7, 11) is -3.66. The summed E-state index contributed by atoms with van der Waals surface area (Å²) in [6, 6.07) is 14.8. The van der Waals surface area contributed by atoms with Gasteiger partial charge in [0.2, 0.25) is 10.0 Å². The molecule has 29 heavy (non-hydrogen) atoms. The predicted molar refractivity (Wildman–Crippen MR) is 113 cm³/mol. The molecule has 2 heterocycles. The molecule has 0 N–H and O–H groups in total. The van der Waals surface area contributed by atoms with E-state index < -0.39 is 10.0 Å². The Labute approximate surface area is 171 Å². The zero-order valence-electron chi connectivity index (χ0n) is 16.6. The van der Waals surface area contributed by atoms with Crippen LogP contribution in [0.25, 0.3) is 10.9 Å². The molecule has 0 aliphatic carbocycles. The molecule has 1 saturated heterocycles. The van der Waals surface area contributed by atoms with Gasteiger partial charge in [-0.25, -0.2) is 8.42 Å². The van der Waals surface area contributed by atoms with Gasteiger partial charge in [-0.2, -0.15) is 4.31 Å². The van der Waals surface area contributed by atoms with Gasteiger partial charge in [0.05, 0.1) is 5.52 Å². The molecule has 6 heteroatoms. The first-order chi connectivity index (χ1) is 13.9. The Balaban J connectivity index is 1.54. The van der Waals surface area contributed by atoms with Crippen LogP contribution in [0.5, 0.6) is 0 Å². The molecule has 1 aromatic heterocycles. The van der Waals surface area contributed by atoms with Gasteiger partial charge in [0.25, 0.3) is 0 Å². The molecule has 4 rings (SSSR count). The Kier molecular flexibility index (Phi) is 5.23. The molecule has 1 aliphatic heterocycles. The summed E-state index contributed by atoms with van der Waals surface area (Å²) in [5.74, 6) is -0.0400. The van der Waals surface area contributed by atoms with E-state index in [2.05, 4.69) is 4.98 Å². The average Bonchev–Trinajstić information content (AvgIpc) is 2.73. The summed E-state index contributed by atoms with van der Waals surface area (Å²) in [6.07, 6.45) is 2.75. The van der Waals surface area contributed by atoms with Gasteiger partial charge >= 0.3 is 0 Å². The van der Waals surface area contributed by atoms with E-state index in [1.54, 1.807) is 18.3 Å². The van der Waals surface area contributed by atoms with Crippen LogP contribution in [-0.2, 0) is 10.0 Å². The zero-order valence-corrected chi connectivity index (χ0v) is 17.4. The van der Waals surface area contributed by atoms with E-state index >= 15 is 0 Å². The van der Waals surface area contributed by atoms with Gasteiger partial charge in [0, 0.05) is 36.2 Å². The van der Waals surface area contributed by atoms with E-state index in [0.717, 1.165) is 16.5 Å². The van der Waals surface area contributed by atoms with Crippen LogP contribution in [-0.4, -0.2) is 36.6 Å². The van der Waals surface area contributed by atoms with Crippen molar-refractivity contribution in [3.8, 4) is 0 Å². The van der Waals surface area contributed by atoms with Crippen molar-refractivity contribution < 1.29 is 13.2 Å². The van der Waals surface area contributed by atoms with E-state index in [1.165, 1.54) is 4.31 Å². The third kappa shape index (κ3) is 3.82. The lowest BCUT2D eigenvalue weighted by atomic mass is 9.89. The van der Waals surface area contributed by atoms with Crippen LogP contribution >= 0.6 is 0 Å². The van der Waals surface area contributed by atoms with Gasteiger partial charge in [0.15, 0.2) is 5.78 Å². The summed E-state index contributed by atoms with van der Waals surface area (Å²) in [5.41, 5.74) is 3.30. The highest BCUT2D eigenvalue weighted by Gasteiger charge is 2.33. The number of fused-ring (bicyclic) bond motifs is 1. The average molecular weight is 409 g/mol. The van der Waals surface area contributed by atoms with Crippen LogP contribution in [0.15, 0.2) is 59.6 Å². The van der Waals surface area contributed by atoms with Crippen molar-refractivity contribution in [1.29, 1.82) is 0 Å². The smallest absolute Gasteiger partial charge is 0.245 e. The van der Waals surface area contributed by atoms with Crippen molar-refractivity contribution in [3.05, 3.63) is 71.4 Å². The molecule has 0 saturated carbocycles. The third-order valence-electron chi connectivity index (χ3n) is 5.59. The number of pyridine rings is 1. The molecule has 5 nitrogen and oxygen atoms in total. The number of sulfonamides is 1. The Morgan fingerprint density at radius 3 is 2.38 bits per heavy atom. The maximum atomic E-state index is 13.3. The van der Waals surface area contributed by atoms with Crippen molar-refractivity contribution in [2.24, 2.45) is 5.92 Å². The number of hydrogen-bond donors (Lipinski definition) is 0. The number of rotatable bonds is 4. The molecule has 1 aliphatic rings. The minimum atomic E-state index is -3.66. The van der Waals surface area contributed by atoms with Gasteiger partial charge in [0.1, 0.15) is 4.90 Å². The van der Waals surface area contributed by atoms with Crippen molar-refractivity contribution in [3.63, 3.8) is 0 Å². The Morgan fingerprint density at radius 2 is 1.69 bits per heavy atom. The van der Waals surface area contributed by atoms with E-state index in [4.69, 9.17) is 0 Å². The van der Waals surface area contributed by atoms with Crippen molar-refractivity contribution in [2.75, 3.05) is 13.1 Å². The fraction of sp³-hybridized carbons (Fsp3) is 0.304. The molecule has 3 aromatic rings. The first-order valence-electron chi connectivity index (χ1n) is 9.82. The predicted octanol–water partition coefficient (Wildman–Crippen LogP) is 4.14. The molecule has 2 aromatic carbocycles. The number of carbonyl (C=O) groups is 1. The lowest BCUT2D eigenvalue weighted by Crippen LogP contribution is -2.40. The lowest BCUT2D eigenvalue weighted by molar-refractivity contribution is 0.0875. The maximum absolute atomic E-state index is 13.3. The molecule has 1 fully saturated rings. The second-order valence-electron chi connectivity index (χ2n) is 7.75. The summed E-state index contributed by atoms with van der Waals surface area (Å²) in [6.45, 7) is 4.60. The van der Waals surface area contributed by atoms with Crippen LogP contribution in [0.2, 0.25) is 0 Å². The minimum absolute atomic E-state index is 0.101. The standard InChI is InChI=1S/C23H24N2O3S/c1-16-6-8-18(9-7-16)23(26)19-10-12-25(13-11-19)29(27,28)21-5-3-4-20-14-17(2)15-24-22(20)21/h3-9,14-15,19H,10-13H2,1-2H3. The molecule has 0 bridgehead atoms. The van der Waals surface area contributed by atoms with E-state index in [9.17, 15) is 13.2 Å². The second-order valence-corrected chi connectivity index (χ2v) is 9.66. The van der Waals surface area contributed by atoms with Gasteiger partial charge < -0.3 is 0 Å². The number of hydrogen-bond acceptors (Lipinski definition) is 4. The molecule has 0 radical (unpaired) electrons. The van der Waals surface area contributed by atoms with Gasteiger partial charge in [-0.3, -0.25) is 9.78 Å². The first-order valence-corrected chi connectivity index (χ1v) is 11.3. The molecular formula is C23H24N2O3S. The Hall–Kier alpha value is -2.57. The molecule has 0 unspecified atom stereocenters. The van der Waals surface area contributed by atoms with Gasteiger partial charge in [-0.1, -0.05) is 42.0 Å². The summed E-state index contributed by atoms with van der Waals surface area (Å²) < 4.78 is 28.0. The first kappa shape index (κ1) is 19.7. The topological polar surface area (TPSA) is 67.3 Å². The molecule has 0 spiro atoms. The molecule has 0 amide bonds. The zero-order chi connectivity index (χ0) is 20.6. The van der Waals surface area contributed by atoms with Crippen LogP contribution in [0.1, 0.15) is 34.3 Å². The normalized spacial score (nSPS) is 16.2. The maximum Gasteiger partial charge on any atom is 0.245 e. The Morgan fingerprint density at radius 1 is 1.00 bits per heavy atom. The number of Topliss-reactive ketones (excluding diaryl/α,β-unsaturated/α-hetero) is 1. The summed E-state index contributed by atoms with van der Waals surface area (Å²) in [4.78, 5) is 17.4.